The van der Waals surface area contributed by atoms with E-state index in [0.29, 0.717) is 5.69 Å². The molecule has 0 unspecified atom stereocenters. The summed E-state index contributed by atoms with van der Waals surface area (Å²) >= 11 is 1.38. The largest absolute Gasteiger partial charge is 0.478 e. The van der Waals surface area contributed by atoms with E-state index in [1.807, 2.05) is 30.3 Å². The zero-order valence-electron chi connectivity index (χ0n) is 11.1. The van der Waals surface area contributed by atoms with Gasteiger partial charge in [-0.25, -0.2) is 4.79 Å². The molecule has 2 aromatic rings. The van der Waals surface area contributed by atoms with Crippen LogP contribution in [0.2, 0.25) is 0 Å². The van der Waals surface area contributed by atoms with Gasteiger partial charge in [-0.15, -0.1) is 11.8 Å². The zero-order chi connectivity index (χ0) is 15.2. The summed E-state index contributed by atoms with van der Waals surface area (Å²) in [4.78, 5) is 24.0. The summed E-state index contributed by atoms with van der Waals surface area (Å²) in [5, 5.41) is 11.7. The Balaban J connectivity index is 2.01. The average molecular weight is 302 g/mol. The Kier molecular flexibility index (Phi) is 4.84. The van der Waals surface area contributed by atoms with Crippen LogP contribution in [-0.2, 0) is 4.79 Å². The molecule has 2 rings (SSSR count). The van der Waals surface area contributed by atoms with Gasteiger partial charge in [0.15, 0.2) is 0 Å². The third kappa shape index (κ3) is 4.25. The minimum Gasteiger partial charge on any atom is -0.478 e. The van der Waals surface area contributed by atoms with E-state index in [0.717, 1.165) is 4.90 Å². The minimum absolute atomic E-state index is 0.0203. The molecule has 6 heteroatoms. The molecule has 0 saturated heterocycles. The van der Waals surface area contributed by atoms with E-state index in [2.05, 4.69) is 5.32 Å². The van der Waals surface area contributed by atoms with Crippen LogP contribution in [0.4, 0.5) is 11.4 Å². The van der Waals surface area contributed by atoms with Gasteiger partial charge in [-0.3, -0.25) is 4.79 Å². The number of nitrogens with one attached hydrogen (secondary N) is 1. The van der Waals surface area contributed by atoms with Crippen LogP contribution >= 0.6 is 11.8 Å². The first kappa shape index (κ1) is 14.9. The third-order valence-corrected chi connectivity index (χ3v) is 3.67. The Morgan fingerprint density at radius 3 is 2.52 bits per heavy atom. The molecule has 0 aliphatic heterocycles. The molecule has 108 valence electrons. The molecule has 0 aliphatic rings. The lowest BCUT2D eigenvalue weighted by atomic mass is 10.1. The minimum atomic E-state index is -1.13. The van der Waals surface area contributed by atoms with Crippen LogP contribution in [0.1, 0.15) is 10.4 Å². The Morgan fingerprint density at radius 1 is 1.14 bits per heavy atom. The van der Waals surface area contributed by atoms with Gasteiger partial charge in [0.2, 0.25) is 5.91 Å². The first-order valence-electron chi connectivity index (χ1n) is 6.17. The maximum absolute atomic E-state index is 11.9. The number of hydrogen-bond donors (Lipinski definition) is 3. The quantitative estimate of drug-likeness (QED) is 0.583. The first-order chi connectivity index (χ1) is 10.1. The van der Waals surface area contributed by atoms with Gasteiger partial charge in [-0.1, -0.05) is 18.2 Å². The summed E-state index contributed by atoms with van der Waals surface area (Å²) in [5.41, 5.74) is 6.11. The van der Waals surface area contributed by atoms with Crippen molar-refractivity contribution in [2.24, 2.45) is 0 Å². The van der Waals surface area contributed by atoms with E-state index in [1.54, 1.807) is 6.07 Å². The van der Waals surface area contributed by atoms with Gasteiger partial charge < -0.3 is 16.2 Å². The van der Waals surface area contributed by atoms with E-state index >= 15 is 0 Å². The van der Waals surface area contributed by atoms with E-state index in [-0.39, 0.29) is 22.9 Å². The van der Waals surface area contributed by atoms with Crippen LogP contribution < -0.4 is 11.1 Å². The fourth-order valence-electron chi connectivity index (χ4n) is 1.70. The lowest BCUT2D eigenvalue weighted by Gasteiger charge is -2.09. The van der Waals surface area contributed by atoms with Crippen molar-refractivity contribution in [2.45, 2.75) is 4.90 Å². The van der Waals surface area contributed by atoms with Crippen molar-refractivity contribution < 1.29 is 14.7 Å². The molecule has 0 fully saturated rings. The monoisotopic (exact) mass is 302 g/mol. The second-order valence-electron chi connectivity index (χ2n) is 4.26. The van der Waals surface area contributed by atoms with Crippen molar-refractivity contribution in [3.63, 3.8) is 0 Å². The van der Waals surface area contributed by atoms with Crippen LogP contribution in [0.15, 0.2) is 53.4 Å². The standard InChI is InChI=1S/C15H14N2O3S/c16-10-6-7-13(12(8-10)15(19)20)17-14(18)9-21-11-4-2-1-3-5-11/h1-8H,9,16H2,(H,17,18)(H,19,20). The fourth-order valence-corrected chi connectivity index (χ4v) is 2.42. The van der Waals surface area contributed by atoms with Gasteiger partial charge in [-0.05, 0) is 30.3 Å². The summed E-state index contributed by atoms with van der Waals surface area (Å²) < 4.78 is 0. The number of carbonyl (C=O) groups excluding carboxylic acids is 1. The molecular weight excluding hydrogens is 288 g/mol. The molecule has 0 spiro atoms. The smallest absolute Gasteiger partial charge is 0.337 e. The van der Waals surface area contributed by atoms with E-state index < -0.39 is 5.97 Å². The molecule has 0 atom stereocenters. The summed E-state index contributed by atoms with van der Waals surface area (Å²) in [7, 11) is 0. The fraction of sp³-hybridized carbons (Fsp3) is 0.0667. The highest BCUT2D eigenvalue weighted by Crippen LogP contribution is 2.21. The molecule has 5 nitrogen and oxygen atoms in total. The molecule has 0 saturated carbocycles. The SMILES string of the molecule is Nc1ccc(NC(=O)CSc2ccccc2)c(C(=O)O)c1. The van der Waals surface area contributed by atoms with E-state index in [9.17, 15) is 9.59 Å². The van der Waals surface area contributed by atoms with Crippen molar-refractivity contribution in [1.82, 2.24) is 0 Å². The Hall–Kier alpha value is -2.47. The maximum Gasteiger partial charge on any atom is 0.337 e. The van der Waals surface area contributed by atoms with Gasteiger partial charge >= 0.3 is 5.97 Å². The Morgan fingerprint density at radius 2 is 1.86 bits per heavy atom. The topological polar surface area (TPSA) is 92.4 Å². The lowest BCUT2D eigenvalue weighted by Crippen LogP contribution is -2.16. The average Bonchev–Trinajstić information content (AvgIpc) is 2.48. The van der Waals surface area contributed by atoms with Crippen molar-refractivity contribution in [2.75, 3.05) is 16.8 Å². The second kappa shape index (κ2) is 6.81. The number of nitrogens with two attached hydrogens (primary N) is 1. The number of aromatic carboxylic acids is 1. The maximum atomic E-state index is 11.9. The number of rotatable bonds is 5. The molecule has 0 heterocycles. The van der Waals surface area contributed by atoms with Gasteiger partial charge in [0.25, 0.3) is 0 Å². The third-order valence-electron chi connectivity index (χ3n) is 2.66. The molecule has 0 aliphatic carbocycles. The Labute approximate surface area is 126 Å². The van der Waals surface area contributed by atoms with Crippen molar-refractivity contribution in [3.05, 3.63) is 54.1 Å². The highest BCUT2D eigenvalue weighted by molar-refractivity contribution is 8.00. The normalized spacial score (nSPS) is 10.1. The number of thioether (sulfide) groups is 1. The summed E-state index contributed by atoms with van der Waals surface area (Å²) in [6.07, 6.45) is 0. The summed E-state index contributed by atoms with van der Waals surface area (Å²) in [6.45, 7) is 0. The number of carbonyl (C=O) groups is 2. The molecule has 21 heavy (non-hydrogen) atoms. The number of hydrogen-bond acceptors (Lipinski definition) is 4. The van der Waals surface area contributed by atoms with Gasteiger partial charge in [0.05, 0.1) is 17.0 Å². The Bertz CT molecular complexity index is 659. The van der Waals surface area contributed by atoms with Crippen LogP contribution in [0.5, 0.6) is 0 Å². The predicted octanol–water partition coefficient (Wildman–Crippen LogP) is 2.70. The lowest BCUT2D eigenvalue weighted by molar-refractivity contribution is -0.113. The summed E-state index contributed by atoms with van der Waals surface area (Å²) in [5.74, 6) is -1.20. The van der Waals surface area contributed by atoms with Crippen molar-refractivity contribution in [1.29, 1.82) is 0 Å². The molecule has 4 N–H and O–H groups in total. The van der Waals surface area contributed by atoms with Gasteiger partial charge in [-0.2, -0.15) is 0 Å². The number of benzene rings is 2. The van der Waals surface area contributed by atoms with Gasteiger partial charge in [0, 0.05) is 10.6 Å². The highest BCUT2D eigenvalue weighted by atomic mass is 32.2. The first-order valence-corrected chi connectivity index (χ1v) is 7.15. The number of carboxylic acids is 1. The van der Waals surface area contributed by atoms with Gasteiger partial charge in [0.1, 0.15) is 0 Å². The molecule has 0 bridgehead atoms. The predicted molar refractivity (Wildman–Crippen MR) is 83.6 cm³/mol. The van der Waals surface area contributed by atoms with Crippen LogP contribution in [0.25, 0.3) is 0 Å². The molecule has 0 radical (unpaired) electrons. The summed E-state index contributed by atoms with van der Waals surface area (Å²) in [6, 6.07) is 13.9. The number of anilines is 2. The molecule has 2 aromatic carbocycles. The zero-order valence-corrected chi connectivity index (χ0v) is 11.9. The van der Waals surface area contributed by atoms with Crippen molar-refractivity contribution >= 4 is 35.0 Å². The van der Waals surface area contributed by atoms with Crippen LogP contribution in [0, 0.1) is 0 Å². The van der Waals surface area contributed by atoms with Crippen molar-refractivity contribution in [3.8, 4) is 0 Å². The molecular formula is C15H14N2O3S. The second-order valence-corrected chi connectivity index (χ2v) is 5.31. The van der Waals surface area contributed by atoms with E-state index in [1.165, 1.54) is 23.9 Å². The number of carboxylic acid groups (broad SMARTS) is 1. The molecule has 1 amide bonds. The highest BCUT2D eigenvalue weighted by Gasteiger charge is 2.13. The van der Waals surface area contributed by atoms with Crippen LogP contribution in [-0.4, -0.2) is 22.7 Å². The van der Waals surface area contributed by atoms with E-state index in [4.69, 9.17) is 10.8 Å². The molecule has 0 aromatic heterocycles. The number of amides is 1. The van der Waals surface area contributed by atoms with Crippen LogP contribution in [0.3, 0.4) is 0 Å². The number of nitrogen functional groups attached to an aromatic ring is 1.